The number of pyridine rings is 1. The van der Waals surface area contributed by atoms with Crippen molar-refractivity contribution >= 4 is 11.8 Å². The Bertz CT molecular complexity index is 502. The van der Waals surface area contributed by atoms with Gasteiger partial charge in [0, 0.05) is 29.1 Å². The molecule has 0 radical (unpaired) electrons. The number of benzene rings is 1. The summed E-state index contributed by atoms with van der Waals surface area (Å²) >= 11 is 1.73. The zero-order valence-corrected chi connectivity index (χ0v) is 12.4. The summed E-state index contributed by atoms with van der Waals surface area (Å²) in [6, 6.07) is 10.9. The molecule has 1 aromatic carbocycles. The molecule has 0 aliphatic carbocycles. The Morgan fingerprint density at radius 3 is 2.70 bits per heavy atom. The van der Waals surface area contributed by atoms with Crippen LogP contribution in [-0.4, -0.2) is 17.3 Å². The van der Waals surface area contributed by atoms with E-state index in [-0.39, 0.29) is 11.9 Å². The van der Waals surface area contributed by atoms with Crippen molar-refractivity contribution in [3.63, 3.8) is 0 Å². The van der Waals surface area contributed by atoms with Crippen LogP contribution in [-0.2, 0) is 0 Å². The van der Waals surface area contributed by atoms with Crippen molar-refractivity contribution < 1.29 is 4.39 Å². The van der Waals surface area contributed by atoms with Gasteiger partial charge in [-0.2, -0.15) is 0 Å². The van der Waals surface area contributed by atoms with E-state index in [1.54, 1.807) is 18.0 Å². The van der Waals surface area contributed by atoms with Crippen molar-refractivity contribution in [1.82, 2.24) is 10.3 Å². The highest BCUT2D eigenvalue weighted by Gasteiger charge is 2.11. The molecule has 1 atom stereocenters. The van der Waals surface area contributed by atoms with E-state index in [4.69, 9.17) is 0 Å². The van der Waals surface area contributed by atoms with Crippen molar-refractivity contribution in [3.8, 4) is 0 Å². The van der Waals surface area contributed by atoms with Crippen molar-refractivity contribution in [3.05, 3.63) is 60.2 Å². The smallest absolute Gasteiger partial charge is 0.123 e. The van der Waals surface area contributed by atoms with Gasteiger partial charge in [0.2, 0.25) is 0 Å². The number of aromatic nitrogens is 1. The summed E-state index contributed by atoms with van der Waals surface area (Å²) in [5.41, 5.74) is 1.19. The van der Waals surface area contributed by atoms with Crippen LogP contribution in [0.15, 0.2) is 53.7 Å². The third kappa shape index (κ3) is 4.62. The monoisotopic (exact) mass is 290 g/mol. The first-order valence-corrected chi connectivity index (χ1v) is 7.80. The molecule has 0 aliphatic rings. The van der Waals surface area contributed by atoms with Gasteiger partial charge in [-0.15, -0.1) is 11.8 Å². The second-order valence-electron chi connectivity index (χ2n) is 4.56. The zero-order chi connectivity index (χ0) is 14.2. The summed E-state index contributed by atoms with van der Waals surface area (Å²) in [5, 5.41) is 3.53. The predicted octanol–water partition coefficient (Wildman–Crippen LogP) is 4.05. The van der Waals surface area contributed by atoms with E-state index in [2.05, 4.69) is 23.3 Å². The van der Waals surface area contributed by atoms with Crippen LogP contribution < -0.4 is 5.32 Å². The molecule has 2 nitrogen and oxygen atoms in total. The van der Waals surface area contributed by atoms with Crippen LogP contribution in [0.25, 0.3) is 0 Å². The van der Waals surface area contributed by atoms with Crippen LogP contribution in [0.4, 0.5) is 4.39 Å². The van der Waals surface area contributed by atoms with E-state index in [1.807, 2.05) is 24.4 Å². The van der Waals surface area contributed by atoms with Crippen LogP contribution in [0.1, 0.15) is 24.9 Å². The van der Waals surface area contributed by atoms with Gasteiger partial charge in [0.1, 0.15) is 5.82 Å². The molecule has 0 fully saturated rings. The van der Waals surface area contributed by atoms with Gasteiger partial charge in [-0.25, -0.2) is 4.39 Å². The molecule has 0 aliphatic heterocycles. The largest absolute Gasteiger partial charge is 0.309 e. The summed E-state index contributed by atoms with van der Waals surface area (Å²) < 4.78 is 12.9. The van der Waals surface area contributed by atoms with Gasteiger partial charge in [-0.3, -0.25) is 4.98 Å². The quantitative estimate of drug-likeness (QED) is 0.779. The fourth-order valence-electron chi connectivity index (χ4n) is 1.88. The van der Waals surface area contributed by atoms with Gasteiger partial charge in [0.25, 0.3) is 0 Å². The van der Waals surface area contributed by atoms with E-state index in [0.29, 0.717) is 0 Å². The van der Waals surface area contributed by atoms with Gasteiger partial charge in [-0.1, -0.05) is 13.0 Å². The van der Waals surface area contributed by atoms with E-state index >= 15 is 0 Å². The Morgan fingerprint density at radius 2 is 2.05 bits per heavy atom. The molecule has 2 aromatic rings. The molecule has 1 heterocycles. The van der Waals surface area contributed by atoms with Gasteiger partial charge in [-0.05, 0) is 48.9 Å². The molecule has 1 aromatic heterocycles. The summed E-state index contributed by atoms with van der Waals surface area (Å²) in [4.78, 5) is 5.26. The first-order valence-electron chi connectivity index (χ1n) is 6.81. The van der Waals surface area contributed by atoms with Gasteiger partial charge >= 0.3 is 0 Å². The van der Waals surface area contributed by atoms with E-state index in [9.17, 15) is 4.39 Å². The number of thioether (sulfide) groups is 1. The minimum atomic E-state index is -0.192. The van der Waals surface area contributed by atoms with Crippen LogP contribution in [0.2, 0.25) is 0 Å². The molecule has 1 unspecified atom stereocenters. The molecular formula is C16H19FN2S. The molecule has 106 valence electrons. The number of nitrogens with one attached hydrogen (secondary N) is 1. The maximum absolute atomic E-state index is 12.9. The first-order chi connectivity index (χ1) is 9.79. The molecule has 1 N–H and O–H groups in total. The highest BCUT2D eigenvalue weighted by molar-refractivity contribution is 7.99. The lowest BCUT2D eigenvalue weighted by Gasteiger charge is -2.18. The number of rotatable bonds is 7. The van der Waals surface area contributed by atoms with Gasteiger partial charge in [0.15, 0.2) is 0 Å². The van der Waals surface area contributed by atoms with E-state index < -0.39 is 0 Å². The molecule has 4 heteroatoms. The number of hydrogen-bond acceptors (Lipinski definition) is 3. The topological polar surface area (TPSA) is 24.9 Å². The summed E-state index contributed by atoms with van der Waals surface area (Å²) in [6.45, 7) is 3.13. The third-order valence-corrected chi connectivity index (χ3v) is 4.06. The Morgan fingerprint density at radius 1 is 1.25 bits per heavy atom. The maximum atomic E-state index is 12.9. The lowest BCUT2D eigenvalue weighted by molar-refractivity contribution is 0.576. The average Bonchev–Trinajstić information content (AvgIpc) is 2.50. The minimum Gasteiger partial charge on any atom is -0.309 e. The van der Waals surface area contributed by atoms with Crippen molar-refractivity contribution in [1.29, 1.82) is 0 Å². The first kappa shape index (κ1) is 15.0. The molecule has 0 saturated heterocycles. The standard InChI is InChI=1S/C16H19FN2S/c1-2-9-19-16(13-4-3-10-18-11-13)12-20-15-7-5-14(17)6-8-15/h3-8,10-11,16,19H,2,9,12H2,1H3. The Hall–Kier alpha value is -1.39. The predicted molar refractivity (Wildman–Crippen MR) is 82.4 cm³/mol. The Balaban J connectivity index is 1.99. The lowest BCUT2D eigenvalue weighted by Crippen LogP contribution is -2.24. The molecule has 0 saturated carbocycles. The zero-order valence-electron chi connectivity index (χ0n) is 11.6. The number of halogens is 1. The summed E-state index contributed by atoms with van der Waals surface area (Å²) in [6.07, 6.45) is 4.78. The lowest BCUT2D eigenvalue weighted by atomic mass is 10.1. The Kier molecular flexibility index (Phi) is 6.02. The number of hydrogen-bond donors (Lipinski definition) is 1. The minimum absolute atomic E-state index is 0.192. The van der Waals surface area contributed by atoms with Gasteiger partial charge in [0.05, 0.1) is 0 Å². The highest BCUT2D eigenvalue weighted by atomic mass is 32.2. The van der Waals surface area contributed by atoms with Crippen LogP contribution in [0.3, 0.4) is 0 Å². The molecule has 0 spiro atoms. The third-order valence-electron chi connectivity index (χ3n) is 2.96. The summed E-state index contributed by atoms with van der Waals surface area (Å²) in [5.74, 6) is 0.708. The van der Waals surface area contributed by atoms with Crippen LogP contribution in [0, 0.1) is 5.82 Å². The average molecular weight is 290 g/mol. The van der Waals surface area contributed by atoms with Crippen LogP contribution in [0.5, 0.6) is 0 Å². The highest BCUT2D eigenvalue weighted by Crippen LogP contribution is 2.24. The fourth-order valence-corrected chi connectivity index (χ4v) is 2.88. The molecule has 0 amide bonds. The normalized spacial score (nSPS) is 12.3. The van der Waals surface area contributed by atoms with Crippen molar-refractivity contribution in [2.45, 2.75) is 24.3 Å². The SMILES string of the molecule is CCCNC(CSc1ccc(F)cc1)c1cccnc1. The Labute approximate surface area is 123 Å². The van der Waals surface area contributed by atoms with Gasteiger partial charge < -0.3 is 5.32 Å². The van der Waals surface area contributed by atoms with Crippen LogP contribution >= 0.6 is 11.8 Å². The van der Waals surface area contributed by atoms with E-state index in [0.717, 1.165) is 23.6 Å². The van der Waals surface area contributed by atoms with Crippen molar-refractivity contribution in [2.75, 3.05) is 12.3 Å². The van der Waals surface area contributed by atoms with E-state index in [1.165, 1.54) is 17.7 Å². The second kappa shape index (κ2) is 8.02. The fraction of sp³-hybridized carbons (Fsp3) is 0.312. The molecule has 20 heavy (non-hydrogen) atoms. The van der Waals surface area contributed by atoms with Crippen molar-refractivity contribution in [2.24, 2.45) is 0 Å². The number of nitrogens with zero attached hydrogens (tertiary/aromatic N) is 1. The molecular weight excluding hydrogens is 271 g/mol. The maximum Gasteiger partial charge on any atom is 0.123 e. The molecule has 0 bridgehead atoms. The second-order valence-corrected chi connectivity index (χ2v) is 5.65. The summed E-state index contributed by atoms with van der Waals surface area (Å²) in [7, 11) is 0. The molecule has 2 rings (SSSR count).